The van der Waals surface area contributed by atoms with Crippen molar-refractivity contribution >= 4 is 22.6 Å². The second-order valence-corrected chi connectivity index (χ2v) is 6.27. The molecule has 0 fully saturated rings. The van der Waals surface area contributed by atoms with Crippen LogP contribution in [0, 0.1) is 5.82 Å². The zero-order valence-electron chi connectivity index (χ0n) is 14.5. The molecule has 11 heteroatoms. The fourth-order valence-electron chi connectivity index (χ4n) is 2.65. The lowest BCUT2D eigenvalue weighted by Crippen LogP contribution is -1.95. The fraction of sp³-hybridized carbons (Fsp3) is 0.167. The van der Waals surface area contributed by atoms with E-state index in [-0.39, 0.29) is 16.6 Å². The molecule has 0 saturated heterocycles. The summed E-state index contributed by atoms with van der Waals surface area (Å²) in [6.45, 7) is -3.67. The Kier molecular flexibility index (Phi) is 6.32. The van der Waals surface area contributed by atoms with Crippen LogP contribution in [0.1, 0.15) is 11.1 Å². The van der Waals surface area contributed by atoms with Gasteiger partial charge in [-0.05, 0) is 59.5 Å². The van der Waals surface area contributed by atoms with Crippen LogP contribution in [0.5, 0.6) is 5.75 Å². The summed E-state index contributed by atoms with van der Waals surface area (Å²) in [6, 6.07) is 9.75. The molecule has 2 aromatic heterocycles. The normalized spacial score (nSPS) is 11.0. The van der Waals surface area contributed by atoms with Gasteiger partial charge in [-0.2, -0.15) is 18.4 Å². The first kappa shape index (κ1) is 20.6. The molecule has 2 N–H and O–H groups in total. The van der Waals surface area contributed by atoms with E-state index in [1.54, 1.807) is 24.3 Å². The number of hydrogen-bond acceptors (Lipinski definition) is 5. The number of aryl methyl sites for hydroxylation is 2. The first-order chi connectivity index (χ1) is 13.8. The molecule has 0 saturated carbocycles. The number of nitrogens with zero attached hydrogens (tertiary/aromatic N) is 3. The maximum Gasteiger partial charge on any atom is 0.379 e. The molecule has 2 aromatic carbocycles. The van der Waals surface area contributed by atoms with Gasteiger partial charge in [-0.1, -0.05) is 17.7 Å². The Morgan fingerprint density at radius 2 is 1.86 bits per heavy atom. The van der Waals surface area contributed by atoms with Gasteiger partial charge >= 0.3 is 6.68 Å². The lowest BCUT2D eigenvalue weighted by atomic mass is 10.0. The number of H-pyrrole nitrogens is 1. The monoisotopic (exact) mass is 428 g/mol. The molecule has 0 amide bonds. The Labute approximate surface area is 166 Å². The third-order valence-corrected chi connectivity index (χ3v) is 4.25. The number of phenolic OH excluding ortho intramolecular Hbond substituents is 1. The lowest BCUT2D eigenvalue weighted by Gasteiger charge is -2.05. The molecule has 4 aromatic rings. The van der Waals surface area contributed by atoms with Crippen LogP contribution in [-0.4, -0.2) is 32.4 Å². The largest absolute Gasteiger partial charge is 0.506 e. The summed E-state index contributed by atoms with van der Waals surface area (Å²) in [6.07, 6.45) is 1.06. The van der Waals surface area contributed by atoms with E-state index in [1.165, 1.54) is 12.1 Å². The fourth-order valence-corrected chi connectivity index (χ4v) is 2.86. The Balaban J connectivity index is 0.000000552. The Morgan fingerprint density at radius 1 is 1.10 bits per heavy atom. The van der Waals surface area contributed by atoms with E-state index < -0.39 is 6.68 Å². The van der Waals surface area contributed by atoms with Gasteiger partial charge in [0, 0.05) is 5.39 Å². The van der Waals surface area contributed by atoms with Crippen LogP contribution in [0.4, 0.5) is 17.6 Å². The Morgan fingerprint density at radius 3 is 2.52 bits per heavy atom. The standard InChI is InChI=1S/C17H12ClFN4O2.CHF3/c18-12-5-9(2-4-14(12)24)1-3-10-7-15-11(6-13(10)19)8-16(25-15)17-20-22-23-21-17;2-1(3)4/h2,4-8,24H,1,3H2,(H,20,21,22,23);1H. The number of halogens is 5. The molecule has 0 spiro atoms. The summed E-state index contributed by atoms with van der Waals surface area (Å²) in [7, 11) is 0. The third kappa shape index (κ3) is 5.23. The van der Waals surface area contributed by atoms with Crippen LogP contribution in [0.25, 0.3) is 22.6 Å². The highest BCUT2D eigenvalue weighted by atomic mass is 35.5. The summed E-state index contributed by atoms with van der Waals surface area (Å²) in [4.78, 5) is 0. The molecule has 6 nitrogen and oxygen atoms in total. The van der Waals surface area contributed by atoms with Gasteiger partial charge in [-0.25, -0.2) is 4.39 Å². The average Bonchev–Trinajstić information content (AvgIpc) is 3.31. The summed E-state index contributed by atoms with van der Waals surface area (Å²) in [5.41, 5.74) is 2.00. The molecule has 0 radical (unpaired) electrons. The molecule has 0 atom stereocenters. The van der Waals surface area contributed by atoms with E-state index >= 15 is 0 Å². The van der Waals surface area contributed by atoms with Gasteiger partial charge in [0.25, 0.3) is 0 Å². The zero-order chi connectivity index (χ0) is 21.0. The molecular formula is C18H13ClF4N4O2. The van der Waals surface area contributed by atoms with Crippen LogP contribution >= 0.6 is 11.6 Å². The molecule has 0 unspecified atom stereocenters. The van der Waals surface area contributed by atoms with Crippen molar-refractivity contribution in [3.05, 3.63) is 58.4 Å². The van der Waals surface area contributed by atoms with E-state index in [9.17, 15) is 22.7 Å². The van der Waals surface area contributed by atoms with Crippen LogP contribution < -0.4 is 0 Å². The predicted octanol–water partition coefficient (Wildman–Crippen LogP) is 5.07. The van der Waals surface area contributed by atoms with Gasteiger partial charge in [-0.15, -0.1) is 10.2 Å². The molecule has 0 bridgehead atoms. The number of tetrazole rings is 1. The SMILES string of the molecule is FC(F)F.Oc1ccc(CCc2cc3oc(-c4nn[nH]n4)cc3cc2F)cc1Cl. The maximum atomic E-state index is 14.4. The number of aromatic amines is 1. The molecule has 29 heavy (non-hydrogen) atoms. The van der Waals surface area contributed by atoms with Gasteiger partial charge in [0.05, 0.1) is 5.02 Å². The van der Waals surface area contributed by atoms with Gasteiger partial charge in [-0.3, -0.25) is 0 Å². The second-order valence-electron chi connectivity index (χ2n) is 5.86. The summed E-state index contributed by atoms with van der Waals surface area (Å²) in [5, 5.41) is 23.9. The van der Waals surface area contributed by atoms with E-state index in [1.807, 2.05) is 0 Å². The second kappa shape index (κ2) is 8.91. The average molecular weight is 429 g/mol. The topological polar surface area (TPSA) is 87.8 Å². The molecule has 4 rings (SSSR count). The number of aromatic nitrogens is 4. The van der Waals surface area contributed by atoms with E-state index in [2.05, 4.69) is 20.6 Å². The number of rotatable bonds is 4. The van der Waals surface area contributed by atoms with Gasteiger partial charge in [0.2, 0.25) is 5.82 Å². The maximum absolute atomic E-state index is 14.4. The van der Waals surface area contributed by atoms with Gasteiger partial charge in [0.15, 0.2) is 5.76 Å². The number of fused-ring (bicyclic) bond motifs is 1. The minimum Gasteiger partial charge on any atom is -0.506 e. The van der Waals surface area contributed by atoms with Crippen molar-refractivity contribution in [2.24, 2.45) is 0 Å². The van der Waals surface area contributed by atoms with Crippen molar-refractivity contribution in [2.75, 3.05) is 0 Å². The van der Waals surface area contributed by atoms with Crippen LogP contribution in [0.3, 0.4) is 0 Å². The van der Waals surface area contributed by atoms with E-state index in [0.717, 1.165) is 5.56 Å². The lowest BCUT2D eigenvalue weighted by molar-refractivity contribution is 0.00819. The number of nitrogens with one attached hydrogen (secondary N) is 1. The quantitative estimate of drug-likeness (QED) is 0.443. The zero-order valence-corrected chi connectivity index (χ0v) is 15.3. The summed E-state index contributed by atoms with van der Waals surface area (Å²) < 4.78 is 49.0. The van der Waals surface area contributed by atoms with Gasteiger partial charge in [0.1, 0.15) is 17.1 Å². The summed E-state index contributed by atoms with van der Waals surface area (Å²) >= 11 is 5.90. The number of aromatic hydroxyl groups is 1. The van der Waals surface area contributed by atoms with Crippen molar-refractivity contribution < 1.29 is 27.1 Å². The number of furan rings is 1. The minimum atomic E-state index is -3.67. The number of phenols is 1. The predicted molar refractivity (Wildman–Crippen MR) is 97.0 cm³/mol. The summed E-state index contributed by atoms with van der Waals surface area (Å²) in [5.74, 6) is 0.461. The highest BCUT2D eigenvalue weighted by molar-refractivity contribution is 6.32. The van der Waals surface area contributed by atoms with Crippen molar-refractivity contribution in [2.45, 2.75) is 19.5 Å². The van der Waals surface area contributed by atoms with Gasteiger partial charge < -0.3 is 9.52 Å². The first-order valence-electron chi connectivity index (χ1n) is 8.19. The Hall–Kier alpha value is -3.14. The van der Waals surface area contributed by atoms with E-state index in [4.69, 9.17) is 16.0 Å². The third-order valence-electron chi connectivity index (χ3n) is 3.95. The van der Waals surface area contributed by atoms with Crippen molar-refractivity contribution in [3.8, 4) is 17.3 Å². The minimum absolute atomic E-state index is 0.0302. The van der Waals surface area contributed by atoms with Crippen molar-refractivity contribution in [1.82, 2.24) is 20.6 Å². The number of alkyl halides is 3. The highest BCUT2D eigenvalue weighted by Crippen LogP contribution is 2.29. The highest BCUT2D eigenvalue weighted by Gasteiger charge is 2.13. The van der Waals surface area contributed by atoms with Crippen molar-refractivity contribution in [1.29, 1.82) is 0 Å². The van der Waals surface area contributed by atoms with Crippen molar-refractivity contribution in [3.63, 3.8) is 0 Å². The Bertz CT molecular complexity index is 1100. The van der Waals surface area contributed by atoms with E-state index in [0.29, 0.717) is 41.0 Å². The van der Waals surface area contributed by atoms with Crippen LogP contribution in [-0.2, 0) is 12.8 Å². The smallest absolute Gasteiger partial charge is 0.379 e. The molecule has 152 valence electrons. The molecule has 0 aliphatic heterocycles. The molecule has 2 heterocycles. The number of hydrogen-bond donors (Lipinski definition) is 2. The number of benzene rings is 2. The molecular weight excluding hydrogens is 416 g/mol. The first-order valence-corrected chi connectivity index (χ1v) is 8.56. The molecule has 0 aliphatic rings. The van der Waals surface area contributed by atoms with Crippen LogP contribution in [0.2, 0.25) is 5.02 Å². The van der Waals surface area contributed by atoms with Crippen LogP contribution in [0.15, 0.2) is 40.8 Å². The molecule has 0 aliphatic carbocycles.